The molecular weight excluding hydrogens is 358 g/mol. The highest BCUT2D eigenvalue weighted by Gasteiger charge is 2.24. The molecule has 2 aromatic carbocycles. The van der Waals surface area contributed by atoms with Gasteiger partial charge in [0.15, 0.2) is 5.75 Å². The monoisotopic (exact) mass is 369 g/mol. The second kappa shape index (κ2) is 5.88. The van der Waals surface area contributed by atoms with Crippen molar-refractivity contribution in [3.8, 4) is 5.75 Å². The lowest BCUT2D eigenvalue weighted by molar-refractivity contribution is 0.413. The largest absolute Gasteiger partial charge is 0.493 e. The van der Waals surface area contributed by atoms with Gasteiger partial charge in [-0.2, -0.15) is 0 Å². The Morgan fingerprint density at radius 3 is 2.95 bits per heavy atom. The molecule has 0 aromatic heterocycles. The minimum absolute atomic E-state index is 0.274. The third kappa shape index (κ3) is 2.65. The fourth-order valence-electron chi connectivity index (χ4n) is 2.34. The zero-order valence-corrected chi connectivity index (χ0v) is 14.0. The number of methoxy groups -OCH3 is 1. The number of fused-ring (bicyclic) bond motifs is 1. The van der Waals surface area contributed by atoms with E-state index in [1.807, 2.05) is 23.9 Å². The highest BCUT2D eigenvalue weighted by atomic mass is 79.9. The van der Waals surface area contributed by atoms with Crippen molar-refractivity contribution < 1.29 is 4.74 Å². The maximum absolute atomic E-state index is 6.13. The Morgan fingerprint density at radius 2 is 2.15 bits per heavy atom. The molecule has 5 heteroatoms. The molecule has 0 fully saturated rings. The van der Waals surface area contributed by atoms with Crippen molar-refractivity contribution in [2.24, 2.45) is 0 Å². The lowest BCUT2D eigenvalue weighted by Crippen LogP contribution is -2.10. The topological polar surface area (TPSA) is 21.3 Å². The van der Waals surface area contributed by atoms with Gasteiger partial charge in [0, 0.05) is 15.7 Å². The molecule has 0 spiro atoms. The van der Waals surface area contributed by atoms with E-state index >= 15 is 0 Å². The predicted octanol–water partition coefficient (Wildman–Crippen LogP) is 5.37. The van der Waals surface area contributed by atoms with Gasteiger partial charge in [-0.25, -0.2) is 0 Å². The lowest BCUT2D eigenvalue weighted by atomic mass is 10.1. The van der Waals surface area contributed by atoms with E-state index in [9.17, 15) is 0 Å². The SMILES string of the molecule is COc1c(Br)cc(Cl)cc1NC1CSc2ccccc21. The number of rotatable bonds is 3. The summed E-state index contributed by atoms with van der Waals surface area (Å²) in [6, 6.07) is 12.5. The van der Waals surface area contributed by atoms with Crippen LogP contribution in [0.1, 0.15) is 11.6 Å². The predicted molar refractivity (Wildman–Crippen MR) is 89.2 cm³/mol. The van der Waals surface area contributed by atoms with Crippen LogP contribution in [-0.4, -0.2) is 12.9 Å². The van der Waals surface area contributed by atoms with Gasteiger partial charge in [-0.05, 0) is 39.7 Å². The number of benzene rings is 2. The second-order valence-corrected chi connectivity index (χ2v) is 6.87. The number of ether oxygens (including phenoxy) is 1. The number of hydrogen-bond donors (Lipinski definition) is 1. The van der Waals surface area contributed by atoms with Crippen LogP contribution in [0.5, 0.6) is 5.75 Å². The summed E-state index contributed by atoms with van der Waals surface area (Å²) in [6.07, 6.45) is 0. The van der Waals surface area contributed by atoms with Gasteiger partial charge in [0.05, 0.1) is 23.3 Å². The summed E-state index contributed by atoms with van der Waals surface area (Å²) in [5.74, 6) is 1.79. The first-order valence-electron chi connectivity index (χ1n) is 6.20. The molecule has 2 aromatic rings. The van der Waals surface area contributed by atoms with Gasteiger partial charge >= 0.3 is 0 Å². The Kier molecular flexibility index (Phi) is 4.15. The van der Waals surface area contributed by atoms with Crippen molar-refractivity contribution in [3.63, 3.8) is 0 Å². The Balaban J connectivity index is 1.93. The molecule has 1 aliphatic rings. The van der Waals surface area contributed by atoms with Crippen LogP contribution in [0.25, 0.3) is 0 Å². The van der Waals surface area contributed by atoms with E-state index in [2.05, 4.69) is 45.5 Å². The highest BCUT2D eigenvalue weighted by molar-refractivity contribution is 9.10. The number of halogens is 2. The van der Waals surface area contributed by atoms with Crippen LogP contribution < -0.4 is 10.1 Å². The van der Waals surface area contributed by atoms with Crippen LogP contribution in [0.4, 0.5) is 5.69 Å². The van der Waals surface area contributed by atoms with Crippen LogP contribution in [0.2, 0.25) is 5.02 Å². The average Bonchev–Trinajstić information content (AvgIpc) is 2.82. The third-order valence-electron chi connectivity index (χ3n) is 3.24. The van der Waals surface area contributed by atoms with Gasteiger partial charge in [-0.15, -0.1) is 11.8 Å². The zero-order chi connectivity index (χ0) is 14.1. The fourth-order valence-corrected chi connectivity index (χ4v) is 4.48. The quantitative estimate of drug-likeness (QED) is 0.785. The van der Waals surface area contributed by atoms with E-state index in [0.717, 1.165) is 21.7 Å². The van der Waals surface area contributed by atoms with Gasteiger partial charge in [0.2, 0.25) is 0 Å². The standard InChI is InChI=1S/C15H13BrClNOS/c1-19-15-11(16)6-9(17)7-12(15)18-13-8-20-14-5-3-2-4-10(13)14/h2-7,13,18H,8H2,1H3. The molecule has 1 aliphatic heterocycles. The molecule has 1 heterocycles. The van der Waals surface area contributed by atoms with Crippen LogP contribution in [0, 0.1) is 0 Å². The first-order valence-corrected chi connectivity index (χ1v) is 8.36. The Hall–Kier alpha value is -0.840. The highest BCUT2D eigenvalue weighted by Crippen LogP contribution is 2.43. The van der Waals surface area contributed by atoms with Crippen molar-refractivity contribution in [1.82, 2.24) is 0 Å². The van der Waals surface area contributed by atoms with Crippen LogP contribution >= 0.6 is 39.3 Å². The Labute approximate surface area is 136 Å². The van der Waals surface area contributed by atoms with Crippen molar-refractivity contribution in [2.75, 3.05) is 18.2 Å². The van der Waals surface area contributed by atoms with Gasteiger partial charge in [-0.3, -0.25) is 0 Å². The summed E-state index contributed by atoms with van der Waals surface area (Å²) in [5.41, 5.74) is 2.24. The zero-order valence-electron chi connectivity index (χ0n) is 10.8. The summed E-state index contributed by atoms with van der Waals surface area (Å²) in [4.78, 5) is 1.34. The fraction of sp³-hybridized carbons (Fsp3) is 0.200. The van der Waals surface area contributed by atoms with E-state index in [4.69, 9.17) is 16.3 Å². The van der Waals surface area contributed by atoms with E-state index in [-0.39, 0.29) is 6.04 Å². The molecule has 2 nitrogen and oxygen atoms in total. The van der Waals surface area contributed by atoms with Crippen molar-refractivity contribution >= 4 is 45.0 Å². The molecule has 0 aliphatic carbocycles. The minimum atomic E-state index is 0.274. The molecule has 1 atom stereocenters. The minimum Gasteiger partial charge on any atom is -0.493 e. The third-order valence-corrected chi connectivity index (χ3v) is 5.23. The summed E-state index contributed by atoms with van der Waals surface area (Å²) in [6.45, 7) is 0. The van der Waals surface area contributed by atoms with Crippen molar-refractivity contribution in [2.45, 2.75) is 10.9 Å². The molecule has 0 amide bonds. The smallest absolute Gasteiger partial charge is 0.156 e. The van der Waals surface area contributed by atoms with Crippen molar-refractivity contribution in [1.29, 1.82) is 0 Å². The number of anilines is 1. The lowest BCUT2D eigenvalue weighted by Gasteiger charge is -2.18. The normalized spacial score (nSPS) is 16.9. The molecule has 0 radical (unpaired) electrons. The molecule has 3 rings (SSSR count). The summed E-state index contributed by atoms with van der Waals surface area (Å²) < 4.78 is 6.31. The molecule has 1 unspecified atom stereocenters. The van der Waals surface area contributed by atoms with Gasteiger partial charge in [0.25, 0.3) is 0 Å². The van der Waals surface area contributed by atoms with Crippen LogP contribution in [0.15, 0.2) is 45.8 Å². The molecule has 0 saturated carbocycles. The molecule has 0 bridgehead atoms. The Morgan fingerprint density at radius 1 is 1.35 bits per heavy atom. The molecule has 0 saturated heterocycles. The first-order chi connectivity index (χ1) is 9.69. The van der Waals surface area contributed by atoms with Crippen LogP contribution in [0.3, 0.4) is 0 Å². The molecule has 104 valence electrons. The summed E-state index contributed by atoms with van der Waals surface area (Å²) in [7, 11) is 1.66. The average molecular weight is 371 g/mol. The number of hydrogen-bond acceptors (Lipinski definition) is 3. The van der Waals surface area contributed by atoms with E-state index < -0.39 is 0 Å². The maximum atomic E-state index is 6.13. The molecule has 20 heavy (non-hydrogen) atoms. The summed E-state index contributed by atoms with van der Waals surface area (Å²) in [5, 5.41) is 4.22. The first kappa shape index (κ1) is 14.1. The van der Waals surface area contributed by atoms with Gasteiger partial charge < -0.3 is 10.1 Å². The molecular formula is C15H13BrClNOS. The molecule has 1 N–H and O–H groups in total. The van der Waals surface area contributed by atoms with Gasteiger partial charge in [0.1, 0.15) is 0 Å². The van der Waals surface area contributed by atoms with Crippen molar-refractivity contribution in [3.05, 3.63) is 51.5 Å². The summed E-state index contributed by atoms with van der Waals surface area (Å²) >= 11 is 11.5. The van der Waals surface area contributed by atoms with Gasteiger partial charge in [-0.1, -0.05) is 29.8 Å². The maximum Gasteiger partial charge on any atom is 0.156 e. The Bertz CT molecular complexity index is 650. The van der Waals surface area contributed by atoms with E-state index in [0.29, 0.717) is 5.02 Å². The number of thioether (sulfide) groups is 1. The van der Waals surface area contributed by atoms with E-state index in [1.54, 1.807) is 7.11 Å². The number of nitrogens with one attached hydrogen (secondary N) is 1. The van der Waals surface area contributed by atoms with Crippen LogP contribution in [-0.2, 0) is 0 Å². The van der Waals surface area contributed by atoms with E-state index in [1.165, 1.54) is 10.5 Å². The second-order valence-electron chi connectivity index (χ2n) is 4.51.